The second kappa shape index (κ2) is 6.21. The van der Waals surface area contributed by atoms with E-state index in [1.807, 2.05) is 13.1 Å². The number of fused-ring (bicyclic) bond motifs is 3. The van der Waals surface area contributed by atoms with Crippen LogP contribution < -0.4 is 11.2 Å². The number of ketones is 1. The van der Waals surface area contributed by atoms with Gasteiger partial charge in [-0.2, -0.15) is 4.98 Å². The zero-order valence-corrected chi connectivity index (χ0v) is 17.0. The first-order valence-corrected chi connectivity index (χ1v) is 9.21. The number of carbonyl (C=O) groups excluding carboxylic acids is 1. The molecule has 3 rings (SSSR count). The summed E-state index contributed by atoms with van der Waals surface area (Å²) in [6.45, 7) is 11.2. The molecule has 0 aliphatic carbocycles. The number of Topliss-reactive ketones (excluding diaryl/α,β-unsaturated/α-hetero) is 1. The summed E-state index contributed by atoms with van der Waals surface area (Å²) in [4.78, 5) is 42.9. The van der Waals surface area contributed by atoms with Crippen molar-refractivity contribution in [3.63, 3.8) is 0 Å². The van der Waals surface area contributed by atoms with Gasteiger partial charge in [-0.3, -0.25) is 23.1 Å². The van der Waals surface area contributed by atoms with Crippen LogP contribution in [0.2, 0.25) is 0 Å². The molecule has 0 fully saturated rings. The Morgan fingerprint density at radius 1 is 1.26 bits per heavy atom. The van der Waals surface area contributed by atoms with Crippen molar-refractivity contribution >= 4 is 22.7 Å². The molecule has 0 unspecified atom stereocenters. The topological polar surface area (TPSA) is 83.3 Å². The number of hydrogen-bond acceptors (Lipinski definition) is 4. The van der Waals surface area contributed by atoms with E-state index < -0.39 is 16.7 Å². The van der Waals surface area contributed by atoms with Gasteiger partial charge in [0.2, 0.25) is 5.78 Å². The fraction of sp³-hybridized carbons (Fsp3) is 0.579. The predicted molar refractivity (Wildman–Crippen MR) is 104 cm³/mol. The van der Waals surface area contributed by atoms with Gasteiger partial charge >= 0.3 is 5.69 Å². The van der Waals surface area contributed by atoms with Crippen LogP contribution in [-0.2, 0) is 18.4 Å². The third-order valence-electron chi connectivity index (χ3n) is 5.24. The second-order valence-electron chi connectivity index (χ2n) is 8.26. The smallest absolute Gasteiger partial charge is 0.311 e. The summed E-state index contributed by atoms with van der Waals surface area (Å²) < 4.78 is 6.15. The minimum atomic E-state index is -0.636. The Kier molecular flexibility index (Phi) is 4.40. The number of carbonyl (C=O) groups is 1. The Morgan fingerprint density at radius 2 is 1.89 bits per heavy atom. The minimum Gasteiger partial charge on any atom is -0.311 e. The van der Waals surface area contributed by atoms with E-state index in [4.69, 9.17) is 0 Å². The average Bonchev–Trinajstić information content (AvgIpc) is 3.09. The van der Waals surface area contributed by atoms with Crippen molar-refractivity contribution in [2.45, 2.75) is 60.5 Å². The molecule has 0 bridgehead atoms. The van der Waals surface area contributed by atoms with Crippen LogP contribution in [0.3, 0.4) is 0 Å². The van der Waals surface area contributed by atoms with Gasteiger partial charge < -0.3 is 4.57 Å². The van der Waals surface area contributed by atoms with Crippen LogP contribution in [0.15, 0.2) is 15.8 Å². The van der Waals surface area contributed by atoms with E-state index in [1.54, 1.807) is 32.2 Å². The number of aryl methyl sites for hydroxylation is 2. The predicted octanol–water partition coefficient (Wildman–Crippen LogP) is 2.04. The van der Waals surface area contributed by atoms with Gasteiger partial charge in [0.15, 0.2) is 16.9 Å². The van der Waals surface area contributed by atoms with Gasteiger partial charge in [0.25, 0.3) is 5.56 Å². The summed E-state index contributed by atoms with van der Waals surface area (Å²) in [5, 5.41) is 0. The van der Waals surface area contributed by atoms with E-state index in [0.717, 1.165) is 16.7 Å². The van der Waals surface area contributed by atoms with Crippen LogP contribution in [0.1, 0.15) is 52.8 Å². The molecule has 0 saturated heterocycles. The number of aromatic nitrogens is 5. The van der Waals surface area contributed by atoms with Crippen LogP contribution >= 0.6 is 0 Å². The molecule has 0 aromatic carbocycles. The first kappa shape index (κ1) is 19.1. The molecule has 1 atom stereocenters. The molecular formula is C19H27N5O3. The molecule has 0 radical (unpaired) electrons. The van der Waals surface area contributed by atoms with E-state index >= 15 is 0 Å². The molecule has 8 heteroatoms. The van der Waals surface area contributed by atoms with E-state index in [0.29, 0.717) is 16.9 Å². The van der Waals surface area contributed by atoms with E-state index in [-0.39, 0.29) is 18.4 Å². The third kappa shape index (κ3) is 2.83. The van der Waals surface area contributed by atoms with Crippen LogP contribution in [0.4, 0.5) is 0 Å². The Balaban J connectivity index is 2.36. The maximum Gasteiger partial charge on any atom is 0.332 e. The highest BCUT2D eigenvalue weighted by Crippen LogP contribution is 2.22. The van der Waals surface area contributed by atoms with Crippen molar-refractivity contribution in [3.8, 4) is 0 Å². The van der Waals surface area contributed by atoms with Crippen molar-refractivity contribution in [1.82, 2.24) is 23.1 Å². The van der Waals surface area contributed by atoms with Crippen LogP contribution in [0, 0.1) is 12.3 Å². The lowest BCUT2D eigenvalue weighted by atomic mass is 9.91. The van der Waals surface area contributed by atoms with Gasteiger partial charge in [0.1, 0.15) is 0 Å². The summed E-state index contributed by atoms with van der Waals surface area (Å²) in [6.07, 6.45) is 2.77. The molecule has 0 aliphatic rings. The second-order valence-corrected chi connectivity index (χ2v) is 8.26. The van der Waals surface area contributed by atoms with Gasteiger partial charge in [-0.1, -0.05) is 27.7 Å². The van der Waals surface area contributed by atoms with Crippen molar-refractivity contribution in [1.29, 1.82) is 0 Å². The van der Waals surface area contributed by atoms with Gasteiger partial charge in [0, 0.05) is 30.4 Å². The largest absolute Gasteiger partial charge is 0.332 e. The Bertz CT molecular complexity index is 1170. The molecule has 0 aliphatic heterocycles. The first-order valence-electron chi connectivity index (χ1n) is 9.21. The molecule has 0 N–H and O–H groups in total. The maximum absolute atomic E-state index is 13.1. The van der Waals surface area contributed by atoms with Crippen molar-refractivity contribution in [2.75, 3.05) is 0 Å². The molecular weight excluding hydrogens is 346 g/mol. The fourth-order valence-electron chi connectivity index (χ4n) is 3.27. The van der Waals surface area contributed by atoms with Crippen molar-refractivity contribution in [2.24, 2.45) is 12.5 Å². The first-order chi connectivity index (χ1) is 12.5. The highest BCUT2D eigenvalue weighted by Gasteiger charge is 2.26. The molecule has 27 heavy (non-hydrogen) atoms. The number of imidazole rings is 2. The average molecular weight is 373 g/mol. The van der Waals surface area contributed by atoms with Gasteiger partial charge in [-0.05, 0) is 20.3 Å². The lowest BCUT2D eigenvalue weighted by Gasteiger charge is -2.17. The molecule has 0 amide bonds. The number of nitrogens with zero attached hydrogens (tertiary/aromatic N) is 5. The molecule has 146 valence electrons. The van der Waals surface area contributed by atoms with Gasteiger partial charge in [-0.15, -0.1) is 0 Å². The standard InChI is InChI=1S/C19H27N5O3/c1-8-11(2)24-12(3)9-22-14-15(20-17(22)24)21(7)18(27)23(16(14)26)10-13(25)19(4,5)6/h9,11H,8,10H2,1-7H3/t11-/m0/s1. The molecule has 0 spiro atoms. The highest BCUT2D eigenvalue weighted by molar-refractivity contribution is 5.84. The fourth-order valence-corrected chi connectivity index (χ4v) is 3.27. The zero-order chi connectivity index (χ0) is 20.3. The van der Waals surface area contributed by atoms with Crippen molar-refractivity contribution < 1.29 is 4.79 Å². The normalized spacial score (nSPS) is 13.6. The number of rotatable bonds is 4. The quantitative estimate of drug-likeness (QED) is 0.701. The van der Waals surface area contributed by atoms with Gasteiger partial charge in [0.05, 0.1) is 6.54 Å². The summed E-state index contributed by atoms with van der Waals surface area (Å²) in [5.41, 5.74) is -0.0187. The van der Waals surface area contributed by atoms with Gasteiger partial charge in [-0.25, -0.2) is 4.79 Å². The van der Waals surface area contributed by atoms with E-state index in [9.17, 15) is 14.4 Å². The van der Waals surface area contributed by atoms with Crippen LogP contribution in [0.5, 0.6) is 0 Å². The SMILES string of the molecule is CC[C@H](C)n1c(C)cn2c3c(=O)n(CC(=O)C(C)(C)C)c(=O)n(C)c3nc12. The summed E-state index contributed by atoms with van der Waals surface area (Å²) in [6, 6.07) is 0.209. The Morgan fingerprint density at radius 3 is 2.44 bits per heavy atom. The number of hydrogen-bond donors (Lipinski definition) is 0. The highest BCUT2D eigenvalue weighted by atomic mass is 16.2. The summed E-state index contributed by atoms with van der Waals surface area (Å²) in [5.74, 6) is 0.457. The Hall–Kier alpha value is -2.64. The van der Waals surface area contributed by atoms with Crippen LogP contribution in [-0.4, -0.2) is 28.9 Å². The molecule has 3 heterocycles. The monoisotopic (exact) mass is 373 g/mol. The van der Waals surface area contributed by atoms with Crippen molar-refractivity contribution in [3.05, 3.63) is 32.7 Å². The molecule has 3 aromatic heterocycles. The zero-order valence-electron chi connectivity index (χ0n) is 17.0. The van der Waals surface area contributed by atoms with Crippen LogP contribution in [0.25, 0.3) is 16.9 Å². The molecule has 3 aromatic rings. The van der Waals surface area contributed by atoms with E-state index in [1.165, 1.54) is 4.57 Å². The third-order valence-corrected chi connectivity index (χ3v) is 5.24. The molecule has 0 saturated carbocycles. The lowest BCUT2D eigenvalue weighted by Crippen LogP contribution is -2.42. The summed E-state index contributed by atoms with van der Waals surface area (Å²) >= 11 is 0. The molecule has 8 nitrogen and oxygen atoms in total. The minimum absolute atomic E-state index is 0.171. The van der Waals surface area contributed by atoms with E-state index in [2.05, 4.69) is 23.4 Å². The summed E-state index contributed by atoms with van der Waals surface area (Å²) in [7, 11) is 1.58. The Labute approximate surface area is 157 Å². The lowest BCUT2D eigenvalue weighted by molar-refractivity contribution is -0.127. The maximum atomic E-state index is 13.1.